The molecule has 0 saturated carbocycles. The SMILES string of the molecule is CCCN(CCC)C1CCc2ccc(N)cc2C1. The molecule has 1 aliphatic carbocycles. The summed E-state index contributed by atoms with van der Waals surface area (Å²) in [5.74, 6) is 0. The zero-order valence-electron chi connectivity index (χ0n) is 11.8. The number of benzene rings is 1. The summed E-state index contributed by atoms with van der Waals surface area (Å²) in [6, 6.07) is 7.15. The smallest absolute Gasteiger partial charge is 0.0316 e. The molecule has 1 unspecified atom stereocenters. The van der Waals surface area contributed by atoms with Crippen LogP contribution >= 0.6 is 0 Å². The van der Waals surface area contributed by atoms with Crippen molar-refractivity contribution in [1.29, 1.82) is 0 Å². The van der Waals surface area contributed by atoms with Crippen molar-refractivity contribution >= 4 is 5.69 Å². The molecule has 0 aliphatic heterocycles. The molecule has 0 aromatic heterocycles. The summed E-state index contributed by atoms with van der Waals surface area (Å²) in [6.07, 6.45) is 6.20. The Bertz CT molecular complexity index is 381. The molecular weight excluding hydrogens is 220 g/mol. The van der Waals surface area contributed by atoms with Gasteiger partial charge in [-0.25, -0.2) is 0 Å². The second-order valence-corrected chi connectivity index (χ2v) is 5.46. The van der Waals surface area contributed by atoms with Crippen molar-refractivity contribution in [1.82, 2.24) is 4.90 Å². The second kappa shape index (κ2) is 6.24. The Hall–Kier alpha value is -1.02. The highest BCUT2D eigenvalue weighted by Crippen LogP contribution is 2.26. The van der Waals surface area contributed by atoms with Gasteiger partial charge in [0.2, 0.25) is 0 Å². The molecule has 0 amide bonds. The lowest BCUT2D eigenvalue weighted by Crippen LogP contribution is -2.40. The zero-order chi connectivity index (χ0) is 13.0. The summed E-state index contributed by atoms with van der Waals surface area (Å²) in [6.45, 7) is 7.02. The van der Waals surface area contributed by atoms with E-state index in [1.54, 1.807) is 0 Å². The van der Waals surface area contributed by atoms with Gasteiger partial charge in [0.05, 0.1) is 0 Å². The van der Waals surface area contributed by atoms with E-state index in [1.165, 1.54) is 56.3 Å². The van der Waals surface area contributed by atoms with Gasteiger partial charge in [-0.05, 0) is 68.5 Å². The van der Waals surface area contributed by atoms with Crippen LogP contribution in [0.4, 0.5) is 5.69 Å². The molecule has 0 bridgehead atoms. The topological polar surface area (TPSA) is 29.3 Å². The molecule has 0 fully saturated rings. The van der Waals surface area contributed by atoms with E-state index in [0.717, 1.165) is 11.7 Å². The summed E-state index contributed by atoms with van der Waals surface area (Å²) in [5, 5.41) is 0. The summed E-state index contributed by atoms with van der Waals surface area (Å²) < 4.78 is 0. The number of nitrogen functional groups attached to an aromatic ring is 1. The molecule has 0 spiro atoms. The molecule has 100 valence electrons. The molecule has 18 heavy (non-hydrogen) atoms. The average Bonchev–Trinajstić information content (AvgIpc) is 2.37. The van der Waals surface area contributed by atoms with Crippen LogP contribution in [0.5, 0.6) is 0 Å². The number of nitrogens with zero attached hydrogens (tertiary/aromatic N) is 1. The summed E-state index contributed by atoms with van der Waals surface area (Å²) in [5.41, 5.74) is 9.80. The maximum absolute atomic E-state index is 5.91. The van der Waals surface area contributed by atoms with Gasteiger partial charge in [-0.1, -0.05) is 19.9 Å². The van der Waals surface area contributed by atoms with Gasteiger partial charge >= 0.3 is 0 Å². The monoisotopic (exact) mass is 246 g/mol. The maximum atomic E-state index is 5.91. The lowest BCUT2D eigenvalue weighted by Gasteiger charge is -2.35. The summed E-state index contributed by atoms with van der Waals surface area (Å²) in [7, 11) is 0. The molecule has 1 atom stereocenters. The molecular formula is C16H26N2. The van der Waals surface area contributed by atoms with Crippen molar-refractivity contribution in [3.05, 3.63) is 29.3 Å². The van der Waals surface area contributed by atoms with Crippen LogP contribution in [0.25, 0.3) is 0 Å². The standard InChI is InChI=1S/C16H26N2/c1-3-9-18(10-4-2)16-8-6-13-5-7-15(17)11-14(13)12-16/h5,7,11,16H,3-4,6,8-10,12,17H2,1-2H3. The predicted octanol–water partition coefficient (Wildman–Crippen LogP) is 3.25. The summed E-state index contributed by atoms with van der Waals surface area (Å²) >= 11 is 0. The Morgan fingerprint density at radius 3 is 2.56 bits per heavy atom. The van der Waals surface area contributed by atoms with E-state index in [0.29, 0.717) is 0 Å². The maximum Gasteiger partial charge on any atom is 0.0316 e. The van der Waals surface area contributed by atoms with E-state index in [9.17, 15) is 0 Å². The highest BCUT2D eigenvalue weighted by Gasteiger charge is 2.23. The number of fused-ring (bicyclic) bond motifs is 1. The van der Waals surface area contributed by atoms with Gasteiger partial charge in [0.25, 0.3) is 0 Å². The number of nitrogens with two attached hydrogens (primary N) is 1. The fourth-order valence-corrected chi connectivity index (χ4v) is 3.12. The lowest BCUT2D eigenvalue weighted by atomic mass is 9.87. The third-order valence-corrected chi connectivity index (χ3v) is 3.97. The van der Waals surface area contributed by atoms with Crippen molar-refractivity contribution in [2.75, 3.05) is 18.8 Å². The van der Waals surface area contributed by atoms with Gasteiger partial charge in [0.1, 0.15) is 0 Å². The number of anilines is 1. The minimum atomic E-state index is 0.721. The van der Waals surface area contributed by atoms with Crippen molar-refractivity contribution in [3.8, 4) is 0 Å². The number of aryl methyl sites for hydroxylation is 1. The molecule has 1 aromatic carbocycles. The molecule has 1 aliphatic rings. The highest BCUT2D eigenvalue weighted by atomic mass is 15.1. The van der Waals surface area contributed by atoms with Crippen molar-refractivity contribution in [2.45, 2.75) is 52.0 Å². The average molecular weight is 246 g/mol. The minimum absolute atomic E-state index is 0.721. The molecule has 2 heteroatoms. The zero-order valence-corrected chi connectivity index (χ0v) is 11.8. The van der Waals surface area contributed by atoms with E-state index in [-0.39, 0.29) is 0 Å². The fourth-order valence-electron chi connectivity index (χ4n) is 3.12. The predicted molar refractivity (Wildman–Crippen MR) is 78.8 cm³/mol. The molecule has 0 radical (unpaired) electrons. The van der Waals surface area contributed by atoms with Crippen LogP contribution in [0.15, 0.2) is 18.2 Å². The van der Waals surface area contributed by atoms with Crippen molar-refractivity contribution in [2.24, 2.45) is 0 Å². The Balaban J connectivity index is 2.09. The first kappa shape index (κ1) is 13.4. The van der Waals surface area contributed by atoms with Gasteiger partial charge in [0.15, 0.2) is 0 Å². The Labute approximate surface area is 111 Å². The van der Waals surface area contributed by atoms with Gasteiger partial charge in [-0.15, -0.1) is 0 Å². The highest BCUT2D eigenvalue weighted by molar-refractivity contribution is 5.46. The number of rotatable bonds is 5. The van der Waals surface area contributed by atoms with Crippen LogP contribution in [-0.4, -0.2) is 24.0 Å². The molecule has 2 N–H and O–H groups in total. The van der Waals surface area contributed by atoms with E-state index < -0.39 is 0 Å². The summed E-state index contributed by atoms with van der Waals surface area (Å²) in [4.78, 5) is 2.67. The first-order chi connectivity index (χ1) is 8.74. The van der Waals surface area contributed by atoms with E-state index in [1.807, 2.05) is 6.07 Å². The minimum Gasteiger partial charge on any atom is -0.399 e. The Morgan fingerprint density at radius 2 is 1.89 bits per heavy atom. The van der Waals surface area contributed by atoms with Crippen molar-refractivity contribution < 1.29 is 0 Å². The van der Waals surface area contributed by atoms with Crippen LogP contribution in [0.2, 0.25) is 0 Å². The van der Waals surface area contributed by atoms with Crippen LogP contribution < -0.4 is 5.73 Å². The quantitative estimate of drug-likeness (QED) is 0.808. The second-order valence-electron chi connectivity index (χ2n) is 5.46. The van der Waals surface area contributed by atoms with Crippen molar-refractivity contribution in [3.63, 3.8) is 0 Å². The third kappa shape index (κ3) is 3.05. The molecule has 2 rings (SSSR count). The van der Waals surface area contributed by atoms with E-state index in [2.05, 4.69) is 30.9 Å². The molecule has 1 aromatic rings. The van der Waals surface area contributed by atoms with Crippen LogP contribution in [0.3, 0.4) is 0 Å². The van der Waals surface area contributed by atoms with Gasteiger partial charge < -0.3 is 10.6 Å². The number of hydrogen-bond acceptors (Lipinski definition) is 2. The van der Waals surface area contributed by atoms with Gasteiger partial charge in [-0.3, -0.25) is 0 Å². The van der Waals surface area contributed by atoms with Gasteiger partial charge in [0, 0.05) is 11.7 Å². The molecule has 2 nitrogen and oxygen atoms in total. The Kier molecular flexibility index (Phi) is 4.65. The normalized spacial score (nSPS) is 18.9. The first-order valence-electron chi connectivity index (χ1n) is 7.36. The van der Waals surface area contributed by atoms with Gasteiger partial charge in [-0.2, -0.15) is 0 Å². The Morgan fingerprint density at radius 1 is 1.17 bits per heavy atom. The van der Waals surface area contributed by atoms with Crippen LogP contribution in [-0.2, 0) is 12.8 Å². The van der Waals surface area contributed by atoms with Crippen LogP contribution in [0.1, 0.15) is 44.2 Å². The van der Waals surface area contributed by atoms with Crippen LogP contribution in [0, 0.1) is 0 Å². The molecule has 0 heterocycles. The number of hydrogen-bond donors (Lipinski definition) is 1. The fraction of sp³-hybridized carbons (Fsp3) is 0.625. The van der Waals surface area contributed by atoms with E-state index in [4.69, 9.17) is 5.73 Å². The lowest BCUT2D eigenvalue weighted by molar-refractivity contribution is 0.180. The third-order valence-electron chi connectivity index (χ3n) is 3.97. The largest absolute Gasteiger partial charge is 0.399 e. The molecule has 0 saturated heterocycles. The van der Waals surface area contributed by atoms with E-state index >= 15 is 0 Å². The first-order valence-corrected chi connectivity index (χ1v) is 7.36.